The minimum absolute atomic E-state index is 0.0926. The first-order valence-electron chi connectivity index (χ1n) is 9.57. The number of ether oxygens (including phenoxy) is 1. The summed E-state index contributed by atoms with van der Waals surface area (Å²) in [4.78, 5) is 15.6. The Kier molecular flexibility index (Phi) is 3.89. The summed E-state index contributed by atoms with van der Waals surface area (Å²) in [5, 5.41) is 14.5. The van der Waals surface area contributed by atoms with Crippen molar-refractivity contribution >= 4 is 5.91 Å². The lowest BCUT2D eigenvalue weighted by atomic mass is 9.83. The number of primary amides is 1. The fourth-order valence-electron chi connectivity index (χ4n) is 4.02. The lowest BCUT2D eigenvalue weighted by molar-refractivity contribution is 0.0989. The highest BCUT2D eigenvalue weighted by atomic mass is 16.5. The number of nitrogens with zero attached hydrogens (tertiary/aromatic N) is 5. The monoisotopic (exact) mass is 401 g/mol. The van der Waals surface area contributed by atoms with Crippen molar-refractivity contribution in [2.75, 3.05) is 0 Å². The maximum atomic E-state index is 11.6. The standard InChI is InChI=1S/C21H19N7O2/c1-27-21-16(17(26-27)12-2-3-12)15(14(10-22)19(24)30-21)11-4-6-13(7-5-11)28-9-8-25-20(28)18(23)29/h4-9,12,15H,2-3,24H2,1H3,(H2,23,29). The molecule has 0 spiro atoms. The molecule has 4 N–H and O–H groups in total. The van der Waals surface area contributed by atoms with E-state index in [-0.39, 0.29) is 17.6 Å². The lowest BCUT2D eigenvalue weighted by Gasteiger charge is -2.25. The first-order valence-corrected chi connectivity index (χ1v) is 9.57. The van der Waals surface area contributed by atoms with Crippen molar-refractivity contribution < 1.29 is 9.53 Å². The van der Waals surface area contributed by atoms with E-state index in [9.17, 15) is 10.1 Å². The van der Waals surface area contributed by atoms with Gasteiger partial charge in [0.25, 0.3) is 5.91 Å². The van der Waals surface area contributed by atoms with Crippen LogP contribution < -0.4 is 16.2 Å². The fourth-order valence-corrected chi connectivity index (χ4v) is 4.02. The van der Waals surface area contributed by atoms with Gasteiger partial charge in [-0.3, -0.25) is 9.36 Å². The number of hydrogen-bond donors (Lipinski definition) is 2. The maximum absolute atomic E-state index is 11.6. The molecule has 2 aliphatic rings. The average Bonchev–Trinajstić information content (AvgIpc) is 3.36. The smallest absolute Gasteiger partial charge is 0.285 e. The number of carbonyl (C=O) groups excluding carboxylic acids is 1. The third-order valence-corrected chi connectivity index (χ3v) is 5.56. The molecule has 3 heterocycles. The van der Waals surface area contributed by atoms with Crippen LogP contribution in [0.5, 0.6) is 5.88 Å². The van der Waals surface area contributed by atoms with Crippen LogP contribution in [-0.2, 0) is 7.05 Å². The number of allylic oxidation sites excluding steroid dienone is 1. The van der Waals surface area contributed by atoms with Crippen LogP contribution in [0.3, 0.4) is 0 Å². The molecule has 0 saturated heterocycles. The van der Waals surface area contributed by atoms with Crippen molar-refractivity contribution in [1.82, 2.24) is 19.3 Å². The highest BCUT2D eigenvalue weighted by Gasteiger charge is 2.40. The van der Waals surface area contributed by atoms with E-state index in [0.717, 1.165) is 35.3 Å². The summed E-state index contributed by atoms with van der Waals surface area (Å²) in [7, 11) is 1.82. The molecule has 30 heavy (non-hydrogen) atoms. The van der Waals surface area contributed by atoms with E-state index in [1.165, 1.54) is 6.20 Å². The molecular formula is C21H19N7O2. The molecule has 1 aromatic carbocycles. The van der Waals surface area contributed by atoms with Crippen LogP contribution in [0.4, 0.5) is 0 Å². The van der Waals surface area contributed by atoms with Gasteiger partial charge in [0.1, 0.15) is 11.6 Å². The van der Waals surface area contributed by atoms with Gasteiger partial charge in [-0.25, -0.2) is 9.67 Å². The number of aryl methyl sites for hydroxylation is 1. The molecule has 5 rings (SSSR count). The fraction of sp³-hybridized carbons (Fsp3) is 0.238. The van der Waals surface area contributed by atoms with E-state index >= 15 is 0 Å². The van der Waals surface area contributed by atoms with Crippen LogP contribution in [0.25, 0.3) is 5.69 Å². The summed E-state index contributed by atoms with van der Waals surface area (Å²) in [6.07, 6.45) is 5.35. The van der Waals surface area contributed by atoms with Crippen LogP contribution in [0.1, 0.15) is 52.1 Å². The van der Waals surface area contributed by atoms with Crippen LogP contribution >= 0.6 is 0 Å². The van der Waals surface area contributed by atoms with Gasteiger partial charge < -0.3 is 16.2 Å². The number of benzene rings is 1. The minimum Gasteiger partial charge on any atom is -0.422 e. The molecule has 1 saturated carbocycles. The second-order valence-corrected chi connectivity index (χ2v) is 7.50. The lowest BCUT2D eigenvalue weighted by Crippen LogP contribution is -2.22. The minimum atomic E-state index is -0.606. The van der Waals surface area contributed by atoms with Gasteiger partial charge in [-0.15, -0.1) is 0 Å². The highest BCUT2D eigenvalue weighted by Crippen LogP contribution is 2.50. The second kappa shape index (κ2) is 6.49. The molecule has 1 unspecified atom stereocenters. The summed E-state index contributed by atoms with van der Waals surface area (Å²) in [5.41, 5.74) is 15.3. The van der Waals surface area contributed by atoms with E-state index in [1.807, 2.05) is 31.3 Å². The number of aromatic nitrogens is 4. The van der Waals surface area contributed by atoms with Gasteiger partial charge in [0, 0.05) is 31.0 Å². The van der Waals surface area contributed by atoms with E-state index in [2.05, 4.69) is 16.2 Å². The van der Waals surface area contributed by atoms with Gasteiger partial charge in [0.15, 0.2) is 0 Å². The molecule has 1 aliphatic heterocycles. The maximum Gasteiger partial charge on any atom is 0.285 e. The van der Waals surface area contributed by atoms with Crippen LogP contribution in [0.15, 0.2) is 48.1 Å². The van der Waals surface area contributed by atoms with Crippen molar-refractivity contribution in [2.24, 2.45) is 18.5 Å². The van der Waals surface area contributed by atoms with Gasteiger partial charge in [0.05, 0.1) is 17.2 Å². The number of rotatable bonds is 4. The first-order chi connectivity index (χ1) is 14.5. The summed E-state index contributed by atoms with van der Waals surface area (Å²) < 4.78 is 9.08. The highest BCUT2D eigenvalue weighted by molar-refractivity contribution is 5.89. The Morgan fingerprint density at radius 1 is 1.30 bits per heavy atom. The average molecular weight is 401 g/mol. The van der Waals surface area contributed by atoms with E-state index < -0.39 is 5.91 Å². The van der Waals surface area contributed by atoms with Crippen molar-refractivity contribution in [3.8, 4) is 17.6 Å². The van der Waals surface area contributed by atoms with Crippen molar-refractivity contribution in [3.63, 3.8) is 0 Å². The number of nitriles is 1. The first kappa shape index (κ1) is 18.0. The predicted molar refractivity (Wildman–Crippen MR) is 107 cm³/mol. The molecule has 1 fully saturated rings. The third-order valence-electron chi connectivity index (χ3n) is 5.56. The molecule has 9 nitrogen and oxygen atoms in total. The van der Waals surface area contributed by atoms with Crippen LogP contribution in [0, 0.1) is 11.3 Å². The summed E-state index contributed by atoms with van der Waals surface area (Å²) in [6, 6.07) is 9.76. The molecule has 1 atom stereocenters. The summed E-state index contributed by atoms with van der Waals surface area (Å²) in [5.74, 6) is 0.235. The summed E-state index contributed by atoms with van der Waals surface area (Å²) in [6.45, 7) is 0. The Balaban J connectivity index is 1.62. The van der Waals surface area contributed by atoms with Gasteiger partial charge >= 0.3 is 0 Å². The number of nitrogens with two attached hydrogens (primary N) is 2. The van der Waals surface area contributed by atoms with Crippen molar-refractivity contribution in [2.45, 2.75) is 24.7 Å². The quantitative estimate of drug-likeness (QED) is 0.684. The number of hydrogen-bond acceptors (Lipinski definition) is 6. The molecule has 0 radical (unpaired) electrons. The molecule has 150 valence electrons. The van der Waals surface area contributed by atoms with E-state index in [0.29, 0.717) is 17.4 Å². The molecule has 9 heteroatoms. The zero-order valence-corrected chi connectivity index (χ0v) is 16.2. The normalized spacial score (nSPS) is 17.9. The Labute approximate surface area is 172 Å². The Hall–Kier alpha value is -4.06. The topological polar surface area (TPSA) is 138 Å². The molecule has 1 amide bonds. The zero-order chi connectivity index (χ0) is 21.0. The number of fused-ring (bicyclic) bond motifs is 1. The Morgan fingerprint density at radius 3 is 2.67 bits per heavy atom. The van der Waals surface area contributed by atoms with Gasteiger partial charge in [0.2, 0.25) is 17.6 Å². The Bertz CT molecular complexity index is 1240. The summed E-state index contributed by atoms with van der Waals surface area (Å²) >= 11 is 0. The number of carbonyl (C=O) groups is 1. The predicted octanol–water partition coefficient (Wildman–Crippen LogP) is 1.80. The molecule has 1 aliphatic carbocycles. The van der Waals surface area contributed by atoms with Gasteiger partial charge in [-0.05, 0) is 30.5 Å². The zero-order valence-electron chi connectivity index (χ0n) is 16.2. The molecule has 0 bridgehead atoms. The molecule has 2 aromatic heterocycles. The SMILES string of the molecule is Cn1nc(C2CC2)c2c1OC(N)=C(C#N)C2c1ccc(-n2ccnc2C(N)=O)cc1. The van der Waals surface area contributed by atoms with Crippen LogP contribution in [0.2, 0.25) is 0 Å². The second-order valence-electron chi connectivity index (χ2n) is 7.50. The van der Waals surface area contributed by atoms with Crippen molar-refractivity contribution in [3.05, 3.63) is 70.8 Å². The molecule has 3 aromatic rings. The number of amides is 1. The largest absolute Gasteiger partial charge is 0.422 e. The molecular weight excluding hydrogens is 382 g/mol. The third kappa shape index (κ3) is 2.65. The van der Waals surface area contributed by atoms with E-state index in [4.69, 9.17) is 16.2 Å². The van der Waals surface area contributed by atoms with Crippen molar-refractivity contribution in [1.29, 1.82) is 5.26 Å². The van der Waals surface area contributed by atoms with Crippen LogP contribution in [-0.4, -0.2) is 25.2 Å². The van der Waals surface area contributed by atoms with Gasteiger partial charge in [-0.1, -0.05) is 12.1 Å². The van der Waals surface area contributed by atoms with Gasteiger partial charge in [-0.2, -0.15) is 10.4 Å². The number of imidazole rings is 1. The Morgan fingerprint density at radius 2 is 2.03 bits per heavy atom. The van der Waals surface area contributed by atoms with E-state index in [1.54, 1.807) is 15.4 Å².